The maximum atomic E-state index is 5.81. The zero-order valence-electron chi connectivity index (χ0n) is 9.56. The van der Waals surface area contributed by atoms with Crippen LogP contribution in [0.3, 0.4) is 0 Å². The Morgan fingerprint density at radius 1 is 1.62 bits per heavy atom. The average Bonchev–Trinajstić information content (AvgIpc) is 2.29. The van der Waals surface area contributed by atoms with Crippen LogP contribution >= 0.6 is 11.6 Å². The highest BCUT2D eigenvalue weighted by atomic mass is 35.5. The summed E-state index contributed by atoms with van der Waals surface area (Å²) in [5, 5.41) is 0.298. The van der Waals surface area contributed by atoms with Gasteiger partial charge in [0, 0.05) is 12.7 Å². The Balaban J connectivity index is 2.22. The van der Waals surface area contributed by atoms with Crippen LogP contribution < -0.4 is 4.90 Å². The maximum Gasteiger partial charge on any atom is 0.224 e. The third-order valence-electron chi connectivity index (χ3n) is 2.84. The van der Waals surface area contributed by atoms with Gasteiger partial charge in [0.05, 0.1) is 18.8 Å². The van der Waals surface area contributed by atoms with Crippen molar-refractivity contribution in [3.8, 4) is 0 Å². The van der Waals surface area contributed by atoms with Gasteiger partial charge in [0.2, 0.25) is 5.28 Å². The van der Waals surface area contributed by atoms with Crippen LogP contribution in [0, 0.1) is 0 Å². The molecule has 0 N–H and O–H groups in total. The standard InChI is InChI=1S/C11H16ClN3O/c1-3-9-7-16-8(2)6-15(9)10-4-5-13-11(12)14-10/h4-5,8-9H,3,6-7H2,1-2H3. The minimum Gasteiger partial charge on any atom is -0.375 e. The van der Waals surface area contributed by atoms with Crippen LogP contribution in [0.2, 0.25) is 5.28 Å². The van der Waals surface area contributed by atoms with Crippen molar-refractivity contribution in [2.75, 3.05) is 18.1 Å². The minimum absolute atomic E-state index is 0.233. The Labute approximate surface area is 101 Å². The van der Waals surface area contributed by atoms with Gasteiger partial charge in [-0.25, -0.2) is 9.97 Å². The first-order chi connectivity index (χ1) is 7.70. The molecule has 5 heteroatoms. The fourth-order valence-corrected chi connectivity index (χ4v) is 2.09. The van der Waals surface area contributed by atoms with Gasteiger partial charge < -0.3 is 9.64 Å². The fourth-order valence-electron chi connectivity index (χ4n) is 1.95. The molecule has 0 saturated carbocycles. The van der Waals surface area contributed by atoms with Crippen LogP contribution in [0.25, 0.3) is 0 Å². The van der Waals surface area contributed by atoms with E-state index in [2.05, 4.69) is 28.7 Å². The summed E-state index contributed by atoms with van der Waals surface area (Å²) in [6.07, 6.45) is 2.96. The number of hydrogen-bond acceptors (Lipinski definition) is 4. The molecule has 4 nitrogen and oxygen atoms in total. The molecule has 2 atom stereocenters. The van der Waals surface area contributed by atoms with Crippen LogP contribution in [0.5, 0.6) is 0 Å². The third-order valence-corrected chi connectivity index (χ3v) is 3.03. The van der Waals surface area contributed by atoms with Crippen molar-refractivity contribution in [2.45, 2.75) is 32.4 Å². The van der Waals surface area contributed by atoms with Crippen molar-refractivity contribution >= 4 is 17.4 Å². The van der Waals surface area contributed by atoms with Gasteiger partial charge in [-0.2, -0.15) is 0 Å². The van der Waals surface area contributed by atoms with Crippen LogP contribution in [0.1, 0.15) is 20.3 Å². The van der Waals surface area contributed by atoms with E-state index >= 15 is 0 Å². The van der Waals surface area contributed by atoms with E-state index in [0.29, 0.717) is 11.3 Å². The molecule has 2 rings (SSSR count). The van der Waals surface area contributed by atoms with E-state index in [0.717, 1.165) is 25.4 Å². The first-order valence-corrected chi connectivity index (χ1v) is 5.95. The molecule has 0 radical (unpaired) electrons. The summed E-state index contributed by atoms with van der Waals surface area (Å²) in [4.78, 5) is 10.4. The molecule has 16 heavy (non-hydrogen) atoms. The lowest BCUT2D eigenvalue weighted by Gasteiger charge is -2.39. The Morgan fingerprint density at radius 3 is 3.12 bits per heavy atom. The van der Waals surface area contributed by atoms with Crippen molar-refractivity contribution in [1.82, 2.24) is 9.97 Å². The van der Waals surface area contributed by atoms with Gasteiger partial charge in [-0.05, 0) is 31.0 Å². The summed E-state index contributed by atoms with van der Waals surface area (Å²) >= 11 is 5.81. The van der Waals surface area contributed by atoms with Gasteiger partial charge >= 0.3 is 0 Å². The summed E-state index contributed by atoms with van der Waals surface area (Å²) in [5.41, 5.74) is 0. The van der Waals surface area contributed by atoms with Crippen molar-refractivity contribution in [2.24, 2.45) is 0 Å². The van der Waals surface area contributed by atoms with Gasteiger partial charge in [0.25, 0.3) is 0 Å². The van der Waals surface area contributed by atoms with Gasteiger partial charge in [0.1, 0.15) is 5.82 Å². The Kier molecular flexibility index (Phi) is 3.61. The van der Waals surface area contributed by atoms with Crippen LogP contribution in [-0.2, 0) is 4.74 Å². The molecule has 2 heterocycles. The number of nitrogens with zero attached hydrogens (tertiary/aromatic N) is 3. The summed E-state index contributed by atoms with van der Waals surface area (Å²) in [5.74, 6) is 0.891. The Morgan fingerprint density at radius 2 is 2.44 bits per heavy atom. The molecule has 1 aromatic heterocycles. The summed E-state index contributed by atoms with van der Waals surface area (Å²) < 4.78 is 5.65. The van der Waals surface area contributed by atoms with E-state index in [1.54, 1.807) is 6.20 Å². The second-order valence-electron chi connectivity index (χ2n) is 4.04. The van der Waals surface area contributed by atoms with E-state index in [-0.39, 0.29) is 6.10 Å². The Hall–Kier alpha value is -0.870. The highest BCUT2D eigenvalue weighted by Crippen LogP contribution is 2.21. The third kappa shape index (κ3) is 2.44. The smallest absolute Gasteiger partial charge is 0.224 e. The second kappa shape index (κ2) is 4.97. The fraction of sp³-hybridized carbons (Fsp3) is 0.636. The molecule has 0 aromatic carbocycles. The quantitative estimate of drug-likeness (QED) is 0.744. The number of anilines is 1. The van der Waals surface area contributed by atoms with E-state index in [1.807, 2.05) is 6.07 Å². The predicted molar refractivity (Wildman–Crippen MR) is 63.9 cm³/mol. The number of aromatic nitrogens is 2. The molecule has 0 spiro atoms. The highest BCUT2D eigenvalue weighted by molar-refractivity contribution is 6.28. The summed E-state index contributed by atoms with van der Waals surface area (Å²) in [6, 6.07) is 2.27. The lowest BCUT2D eigenvalue weighted by molar-refractivity contribution is 0.0296. The van der Waals surface area contributed by atoms with E-state index < -0.39 is 0 Å². The molecule has 88 valence electrons. The lowest BCUT2D eigenvalue weighted by atomic mass is 10.1. The maximum absolute atomic E-state index is 5.81. The zero-order valence-corrected chi connectivity index (χ0v) is 10.3. The van der Waals surface area contributed by atoms with Gasteiger partial charge in [-0.1, -0.05) is 6.92 Å². The van der Waals surface area contributed by atoms with Gasteiger partial charge in [0.15, 0.2) is 0 Å². The van der Waals surface area contributed by atoms with Crippen molar-refractivity contribution in [1.29, 1.82) is 0 Å². The molecule has 1 aromatic rings. The number of rotatable bonds is 2. The first-order valence-electron chi connectivity index (χ1n) is 5.57. The van der Waals surface area contributed by atoms with Crippen LogP contribution in [0.4, 0.5) is 5.82 Å². The number of ether oxygens (including phenoxy) is 1. The zero-order chi connectivity index (χ0) is 11.5. The topological polar surface area (TPSA) is 38.2 Å². The number of hydrogen-bond donors (Lipinski definition) is 0. The van der Waals surface area contributed by atoms with Crippen LogP contribution in [-0.4, -0.2) is 35.3 Å². The molecule has 0 aliphatic carbocycles. The van der Waals surface area contributed by atoms with E-state index in [9.17, 15) is 0 Å². The largest absolute Gasteiger partial charge is 0.375 e. The molecular formula is C11H16ClN3O. The summed E-state index contributed by atoms with van der Waals surface area (Å²) in [7, 11) is 0. The molecular weight excluding hydrogens is 226 g/mol. The lowest BCUT2D eigenvalue weighted by Crippen LogP contribution is -2.49. The highest BCUT2D eigenvalue weighted by Gasteiger charge is 2.26. The van der Waals surface area contributed by atoms with E-state index in [4.69, 9.17) is 16.3 Å². The van der Waals surface area contributed by atoms with E-state index in [1.165, 1.54) is 0 Å². The molecule has 0 amide bonds. The first kappa shape index (κ1) is 11.6. The predicted octanol–water partition coefficient (Wildman–Crippen LogP) is 2.13. The van der Waals surface area contributed by atoms with Crippen LogP contribution in [0.15, 0.2) is 12.3 Å². The molecule has 1 fully saturated rings. The summed E-state index contributed by atoms with van der Waals surface area (Å²) in [6.45, 7) is 5.83. The minimum atomic E-state index is 0.233. The molecule has 1 aliphatic heterocycles. The second-order valence-corrected chi connectivity index (χ2v) is 4.38. The van der Waals surface area contributed by atoms with Gasteiger partial charge in [-0.15, -0.1) is 0 Å². The van der Waals surface area contributed by atoms with Gasteiger partial charge in [-0.3, -0.25) is 0 Å². The SMILES string of the molecule is CCC1COC(C)CN1c1ccnc(Cl)n1. The van der Waals surface area contributed by atoms with Crippen molar-refractivity contribution < 1.29 is 4.74 Å². The normalized spacial score (nSPS) is 25.8. The number of morpholine rings is 1. The van der Waals surface area contributed by atoms with Crippen molar-refractivity contribution in [3.63, 3.8) is 0 Å². The molecule has 0 bridgehead atoms. The molecule has 1 aliphatic rings. The number of halogens is 1. The molecule has 1 saturated heterocycles. The Bertz CT molecular complexity index is 361. The van der Waals surface area contributed by atoms with Crippen molar-refractivity contribution in [3.05, 3.63) is 17.5 Å². The average molecular weight is 242 g/mol. The monoisotopic (exact) mass is 241 g/mol. The molecule has 2 unspecified atom stereocenters.